The fourth-order valence-corrected chi connectivity index (χ4v) is 2.99. The molecule has 18 heavy (non-hydrogen) atoms. The van der Waals surface area contributed by atoms with E-state index in [1.54, 1.807) is 0 Å². The second-order valence-electron chi connectivity index (χ2n) is 6.55. The second kappa shape index (κ2) is 4.94. The van der Waals surface area contributed by atoms with E-state index in [4.69, 9.17) is 4.74 Å². The van der Waals surface area contributed by atoms with Crippen molar-refractivity contribution in [2.75, 3.05) is 6.54 Å². The number of carbonyl (C=O) groups is 1. The highest BCUT2D eigenvalue weighted by Crippen LogP contribution is 2.38. The molecule has 0 bridgehead atoms. The van der Waals surface area contributed by atoms with Crippen LogP contribution >= 0.6 is 0 Å². The van der Waals surface area contributed by atoms with Crippen LogP contribution in [0.2, 0.25) is 0 Å². The third-order valence-corrected chi connectivity index (χ3v) is 3.87. The number of amides is 1. The molecule has 1 heterocycles. The van der Waals surface area contributed by atoms with E-state index in [-0.39, 0.29) is 11.6 Å². The first-order valence-corrected chi connectivity index (χ1v) is 7.09. The Kier molecular flexibility index (Phi) is 3.69. The third-order valence-electron chi connectivity index (χ3n) is 3.87. The Labute approximate surface area is 110 Å². The van der Waals surface area contributed by atoms with Crippen LogP contribution in [-0.2, 0) is 4.74 Å². The standard InChI is InChI=1S/C15H25NO2/c1-14(2,3)18-13(17)16-12-8-4-5-9-15(16)10-6-7-11-15/h6-7H,4-5,8-12H2,1-3H3. The Balaban J connectivity index is 2.13. The van der Waals surface area contributed by atoms with Crippen LogP contribution in [-0.4, -0.2) is 28.7 Å². The molecule has 0 unspecified atom stereocenters. The summed E-state index contributed by atoms with van der Waals surface area (Å²) in [6.45, 7) is 6.64. The van der Waals surface area contributed by atoms with Crippen molar-refractivity contribution in [2.24, 2.45) is 0 Å². The average molecular weight is 251 g/mol. The van der Waals surface area contributed by atoms with E-state index >= 15 is 0 Å². The van der Waals surface area contributed by atoms with Gasteiger partial charge in [0.25, 0.3) is 0 Å². The van der Waals surface area contributed by atoms with Crippen LogP contribution in [0.1, 0.15) is 59.3 Å². The Hall–Kier alpha value is -0.990. The number of hydrogen-bond donors (Lipinski definition) is 0. The van der Waals surface area contributed by atoms with Crippen molar-refractivity contribution in [3.63, 3.8) is 0 Å². The van der Waals surface area contributed by atoms with Crippen molar-refractivity contribution in [3.8, 4) is 0 Å². The number of likely N-dealkylation sites (tertiary alicyclic amines) is 1. The molecule has 2 aliphatic rings. The lowest BCUT2D eigenvalue weighted by molar-refractivity contribution is -0.000934. The molecule has 0 aromatic heterocycles. The van der Waals surface area contributed by atoms with Gasteiger partial charge in [-0.05, 0) is 46.5 Å². The van der Waals surface area contributed by atoms with Crippen molar-refractivity contribution in [1.29, 1.82) is 0 Å². The normalized spacial score (nSPS) is 23.2. The summed E-state index contributed by atoms with van der Waals surface area (Å²) < 4.78 is 5.58. The molecule has 0 saturated carbocycles. The van der Waals surface area contributed by atoms with Gasteiger partial charge in [-0.15, -0.1) is 0 Å². The predicted octanol–water partition coefficient (Wildman–Crippen LogP) is 3.89. The lowest BCUT2D eigenvalue weighted by atomic mass is 9.89. The van der Waals surface area contributed by atoms with E-state index < -0.39 is 5.60 Å². The van der Waals surface area contributed by atoms with Crippen molar-refractivity contribution in [1.82, 2.24) is 4.90 Å². The molecule has 102 valence electrons. The van der Waals surface area contributed by atoms with E-state index in [1.807, 2.05) is 25.7 Å². The lowest BCUT2D eigenvalue weighted by Crippen LogP contribution is -2.51. The molecule has 3 heteroatoms. The molecule has 1 fully saturated rings. The maximum atomic E-state index is 12.4. The van der Waals surface area contributed by atoms with Crippen LogP contribution in [0, 0.1) is 0 Å². The number of ether oxygens (including phenoxy) is 1. The predicted molar refractivity (Wildman–Crippen MR) is 72.5 cm³/mol. The summed E-state index contributed by atoms with van der Waals surface area (Å²) in [4.78, 5) is 14.4. The fraction of sp³-hybridized carbons (Fsp3) is 0.800. The van der Waals surface area contributed by atoms with Crippen LogP contribution in [0.3, 0.4) is 0 Å². The van der Waals surface area contributed by atoms with E-state index in [1.165, 1.54) is 12.8 Å². The first-order valence-electron chi connectivity index (χ1n) is 7.09. The van der Waals surface area contributed by atoms with Gasteiger partial charge in [0.2, 0.25) is 0 Å². The smallest absolute Gasteiger partial charge is 0.410 e. The Bertz CT molecular complexity index is 333. The molecule has 2 rings (SSSR count). The van der Waals surface area contributed by atoms with Gasteiger partial charge < -0.3 is 9.64 Å². The molecule has 3 nitrogen and oxygen atoms in total. The highest BCUT2D eigenvalue weighted by atomic mass is 16.6. The SMILES string of the molecule is CC(C)(C)OC(=O)N1CCCCCC12CC=CC2. The van der Waals surface area contributed by atoms with Crippen molar-refractivity contribution in [2.45, 2.75) is 70.4 Å². The lowest BCUT2D eigenvalue weighted by Gasteiger charge is -2.40. The summed E-state index contributed by atoms with van der Waals surface area (Å²) >= 11 is 0. The van der Waals surface area contributed by atoms with Crippen molar-refractivity contribution < 1.29 is 9.53 Å². The van der Waals surface area contributed by atoms with Gasteiger partial charge in [0, 0.05) is 6.54 Å². The monoisotopic (exact) mass is 251 g/mol. The van der Waals surface area contributed by atoms with Crippen LogP contribution in [0.4, 0.5) is 4.79 Å². The summed E-state index contributed by atoms with van der Waals surface area (Å²) in [5, 5.41) is 0. The molecule has 1 aliphatic heterocycles. The molecule has 0 aromatic carbocycles. The van der Waals surface area contributed by atoms with Gasteiger partial charge >= 0.3 is 6.09 Å². The summed E-state index contributed by atoms with van der Waals surface area (Å²) in [6, 6.07) is 0. The van der Waals surface area contributed by atoms with Gasteiger partial charge in [-0.2, -0.15) is 0 Å². The highest BCUT2D eigenvalue weighted by molar-refractivity contribution is 5.69. The molecule has 0 radical (unpaired) electrons. The average Bonchev–Trinajstić information content (AvgIpc) is 2.58. The van der Waals surface area contributed by atoms with E-state index in [2.05, 4.69) is 12.2 Å². The molecule has 0 N–H and O–H groups in total. The highest BCUT2D eigenvalue weighted by Gasteiger charge is 2.42. The first kappa shape index (κ1) is 13.4. The Morgan fingerprint density at radius 2 is 1.83 bits per heavy atom. The zero-order chi connectivity index (χ0) is 13.2. The molecule has 1 spiro atoms. The van der Waals surface area contributed by atoms with Gasteiger partial charge in [-0.1, -0.05) is 25.0 Å². The molecule has 1 saturated heterocycles. The first-order chi connectivity index (χ1) is 8.43. The molecule has 0 atom stereocenters. The Morgan fingerprint density at radius 3 is 2.44 bits per heavy atom. The molecular formula is C15H25NO2. The quantitative estimate of drug-likeness (QED) is 0.611. The minimum Gasteiger partial charge on any atom is -0.444 e. The molecule has 1 amide bonds. The number of hydrogen-bond acceptors (Lipinski definition) is 2. The van der Waals surface area contributed by atoms with E-state index in [0.717, 1.165) is 32.2 Å². The molecule has 1 aliphatic carbocycles. The van der Waals surface area contributed by atoms with E-state index in [0.29, 0.717) is 0 Å². The molecule has 0 aromatic rings. The van der Waals surface area contributed by atoms with E-state index in [9.17, 15) is 4.79 Å². The number of carbonyl (C=O) groups excluding carboxylic acids is 1. The summed E-state index contributed by atoms with van der Waals surface area (Å²) in [5.41, 5.74) is -0.393. The van der Waals surface area contributed by atoms with Gasteiger partial charge in [0.1, 0.15) is 5.60 Å². The minimum absolute atomic E-state index is 0.0127. The maximum Gasteiger partial charge on any atom is 0.410 e. The second-order valence-corrected chi connectivity index (χ2v) is 6.55. The van der Waals surface area contributed by atoms with Crippen LogP contribution in [0.5, 0.6) is 0 Å². The van der Waals surface area contributed by atoms with Crippen LogP contribution < -0.4 is 0 Å². The zero-order valence-corrected chi connectivity index (χ0v) is 11.9. The summed E-state index contributed by atoms with van der Waals surface area (Å²) in [6.07, 6.45) is 10.9. The van der Waals surface area contributed by atoms with Gasteiger partial charge in [-0.3, -0.25) is 0 Å². The van der Waals surface area contributed by atoms with Gasteiger partial charge in [0.05, 0.1) is 5.54 Å². The van der Waals surface area contributed by atoms with Crippen molar-refractivity contribution >= 4 is 6.09 Å². The third kappa shape index (κ3) is 2.88. The maximum absolute atomic E-state index is 12.4. The zero-order valence-electron chi connectivity index (χ0n) is 11.9. The topological polar surface area (TPSA) is 29.5 Å². The summed E-state index contributed by atoms with van der Waals surface area (Å²) in [7, 11) is 0. The Morgan fingerprint density at radius 1 is 1.17 bits per heavy atom. The van der Waals surface area contributed by atoms with Crippen LogP contribution in [0.25, 0.3) is 0 Å². The number of nitrogens with zero attached hydrogens (tertiary/aromatic N) is 1. The van der Waals surface area contributed by atoms with Gasteiger partial charge in [-0.25, -0.2) is 4.79 Å². The van der Waals surface area contributed by atoms with Crippen LogP contribution in [0.15, 0.2) is 12.2 Å². The number of rotatable bonds is 0. The minimum atomic E-state index is -0.406. The van der Waals surface area contributed by atoms with Gasteiger partial charge in [0.15, 0.2) is 0 Å². The van der Waals surface area contributed by atoms with Crippen molar-refractivity contribution in [3.05, 3.63) is 12.2 Å². The largest absolute Gasteiger partial charge is 0.444 e. The molecular weight excluding hydrogens is 226 g/mol. The fourth-order valence-electron chi connectivity index (χ4n) is 2.99. The summed E-state index contributed by atoms with van der Waals surface area (Å²) in [5.74, 6) is 0.